The number of rotatable bonds is 4. The molecule has 0 bridgehead atoms. The highest BCUT2D eigenvalue weighted by Crippen LogP contribution is 2.25. The molecule has 0 spiro atoms. The molecule has 1 saturated heterocycles. The molecule has 1 atom stereocenters. The largest absolute Gasteiger partial charge is 0.336 e. The minimum absolute atomic E-state index is 0.0521. The third-order valence-corrected chi connectivity index (χ3v) is 4.81. The monoisotopic (exact) mass is 366 g/mol. The topological polar surface area (TPSA) is 89.9 Å². The van der Waals surface area contributed by atoms with Crippen molar-refractivity contribution in [3.8, 4) is 11.6 Å². The van der Waals surface area contributed by atoms with Crippen LogP contribution in [0, 0.1) is 6.92 Å². The summed E-state index contributed by atoms with van der Waals surface area (Å²) in [5, 5.41) is 12.3. The van der Waals surface area contributed by atoms with Crippen LogP contribution >= 0.6 is 0 Å². The summed E-state index contributed by atoms with van der Waals surface area (Å²) >= 11 is 0. The second kappa shape index (κ2) is 6.94. The van der Waals surface area contributed by atoms with Crippen molar-refractivity contribution in [2.45, 2.75) is 39.2 Å². The van der Waals surface area contributed by atoms with E-state index in [0.717, 1.165) is 12.0 Å². The minimum atomic E-state index is 0.0521. The quantitative estimate of drug-likeness (QED) is 0.705. The number of aromatic nitrogens is 5. The van der Waals surface area contributed by atoms with Crippen molar-refractivity contribution in [2.75, 3.05) is 13.1 Å². The number of likely N-dealkylation sites (tertiary alicyclic amines) is 1. The maximum absolute atomic E-state index is 12.7. The molecule has 4 rings (SSSR count). The number of nitrogens with zero attached hydrogens (tertiary/aromatic N) is 6. The molecule has 1 amide bonds. The van der Waals surface area contributed by atoms with E-state index in [-0.39, 0.29) is 17.9 Å². The van der Waals surface area contributed by atoms with Crippen LogP contribution in [0.3, 0.4) is 0 Å². The number of hydrogen-bond donors (Lipinski definition) is 0. The van der Waals surface area contributed by atoms with Gasteiger partial charge >= 0.3 is 0 Å². The lowest BCUT2D eigenvalue weighted by molar-refractivity contribution is 0.0787. The zero-order chi connectivity index (χ0) is 19.0. The molecule has 1 aromatic carbocycles. The highest BCUT2D eigenvalue weighted by atomic mass is 16.5. The lowest BCUT2D eigenvalue weighted by Gasteiger charge is -2.16. The van der Waals surface area contributed by atoms with E-state index >= 15 is 0 Å². The zero-order valence-corrected chi connectivity index (χ0v) is 15.7. The van der Waals surface area contributed by atoms with E-state index in [4.69, 9.17) is 4.52 Å². The number of carbonyl (C=O) groups is 1. The molecule has 3 aromatic rings. The van der Waals surface area contributed by atoms with Crippen molar-refractivity contribution in [1.29, 1.82) is 0 Å². The normalized spacial score (nSPS) is 17.0. The van der Waals surface area contributed by atoms with E-state index < -0.39 is 0 Å². The van der Waals surface area contributed by atoms with Gasteiger partial charge in [0.25, 0.3) is 11.8 Å². The summed E-state index contributed by atoms with van der Waals surface area (Å²) in [6, 6.07) is 7.76. The van der Waals surface area contributed by atoms with Gasteiger partial charge in [-0.2, -0.15) is 4.98 Å². The molecule has 8 nitrogen and oxygen atoms in total. The summed E-state index contributed by atoms with van der Waals surface area (Å²) in [6.07, 6.45) is 2.64. The first kappa shape index (κ1) is 17.4. The number of aryl methyl sites for hydroxylation is 1. The fourth-order valence-corrected chi connectivity index (χ4v) is 3.15. The minimum Gasteiger partial charge on any atom is -0.336 e. The number of benzene rings is 1. The Morgan fingerprint density at radius 1 is 1.26 bits per heavy atom. The first-order valence-corrected chi connectivity index (χ1v) is 9.13. The highest BCUT2D eigenvalue weighted by molar-refractivity contribution is 5.94. The van der Waals surface area contributed by atoms with Crippen molar-refractivity contribution in [2.24, 2.45) is 0 Å². The lowest BCUT2D eigenvalue weighted by Crippen LogP contribution is -2.29. The Morgan fingerprint density at radius 3 is 2.74 bits per heavy atom. The second-order valence-electron chi connectivity index (χ2n) is 7.26. The Bertz CT molecular complexity index is 943. The number of carbonyl (C=O) groups excluding carboxylic acids is 1. The average Bonchev–Trinajstić information content (AvgIpc) is 3.40. The Morgan fingerprint density at radius 2 is 2.04 bits per heavy atom. The Kier molecular flexibility index (Phi) is 4.47. The van der Waals surface area contributed by atoms with Crippen molar-refractivity contribution in [3.63, 3.8) is 0 Å². The Labute approximate surface area is 157 Å². The van der Waals surface area contributed by atoms with Gasteiger partial charge in [-0.25, -0.2) is 4.68 Å². The maximum atomic E-state index is 12.7. The molecule has 0 aliphatic carbocycles. The summed E-state index contributed by atoms with van der Waals surface area (Å²) in [4.78, 5) is 18.9. The van der Waals surface area contributed by atoms with Gasteiger partial charge in [-0.3, -0.25) is 4.79 Å². The fourth-order valence-electron chi connectivity index (χ4n) is 3.15. The van der Waals surface area contributed by atoms with E-state index in [1.807, 2.05) is 56.1 Å². The van der Waals surface area contributed by atoms with Crippen molar-refractivity contribution < 1.29 is 9.32 Å². The first-order chi connectivity index (χ1) is 13.0. The van der Waals surface area contributed by atoms with Gasteiger partial charge in [0, 0.05) is 24.6 Å². The summed E-state index contributed by atoms with van der Waals surface area (Å²) in [6.45, 7) is 7.32. The molecule has 140 valence electrons. The lowest BCUT2D eigenvalue weighted by atomic mass is 10.1. The molecule has 1 aliphatic heterocycles. The number of hydrogen-bond acceptors (Lipinski definition) is 6. The predicted molar refractivity (Wildman–Crippen MR) is 98.1 cm³/mol. The molecule has 27 heavy (non-hydrogen) atoms. The summed E-state index contributed by atoms with van der Waals surface area (Å²) < 4.78 is 7.06. The molecule has 0 radical (unpaired) electrons. The van der Waals surface area contributed by atoms with Crippen molar-refractivity contribution >= 4 is 5.91 Å². The van der Waals surface area contributed by atoms with Crippen LogP contribution in [0.15, 0.2) is 35.0 Å². The van der Waals surface area contributed by atoms with Crippen LogP contribution in [0.2, 0.25) is 0 Å². The predicted octanol–water partition coefficient (Wildman–Crippen LogP) is 2.85. The van der Waals surface area contributed by atoms with Gasteiger partial charge in [0.1, 0.15) is 0 Å². The molecule has 2 aromatic heterocycles. The smallest absolute Gasteiger partial charge is 0.280 e. The van der Waals surface area contributed by atoms with Gasteiger partial charge < -0.3 is 9.42 Å². The van der Waals surface area contributed by atoms with E-state index in [9.17, 15) is 4.79 Å². The molecule has 0 saturated carbocycles. The summed E-state index contributed by atoms with van der Waals surface area (Å²) in [5.41, 5.74) is 2.41. The SMILES string of the molecule is Cc1ccc(C(=O)N2CC[C@H](n3cc(-c4nc(C(C)C)no4)nn3)C2)cc1. The summed E-state index contributed by atoms with van der Waals surface area (Å²) in [5.74, 6) is 1.26. The highest BCUT2D eigenvalue weighted by Gasteiger charge is 2.29. The molecular weight excluding hydrogens is 344 g/mol. The van der Waals surface area contributed by atoms with Crippen LogP contribution in [-0.4, -0.2) is 49.0 Å². The van der Waals surface area contributed by atoms with Gasteiger partial charge in [-0.1, -0.05) is 41.9 Å². The molecule has 0 N–H and O–H groups in total. The molecule has 1 aliphatic rings. The van der Waals surface area contributed by atoms with E-state index in [0.29, 0.717) is 36.1 Å². The number of amides is 1. The maximum Gasteiger partial charge on any atom is 0.280 e. The fraction of sp³-hybridized carbons (Fsp3) is 0.421. The first-order valence-electron chi connectivity index (χ1n) is 9.13. The van der Waals surface area contributed by atoms with Crippen molar-refractivity contribution in [3.05, 3.63) is 47.4 Å². The average molecular weight is 366 g/mol. The van der Waals surface area contributed by atoms with Gasteiger partial charge in [0.2, 0.25) is 0 Å². The van der Waals surface area contributed by atoms with Crippen molar-refractivity contribution in [1.82, 2.24) is 30.0 Å². The summed E-state index contributed by atoms with van der Waals surface area (Å²) in [7, 11) is 0. The van der Waals surface area contributed by atoms with E-state index in [2.05, 4.69) is 20.5 Å². The Balaban J connectivity index is 1.45. The van der Waals surface area contributed by atoms with E-state index in [1.54, 1.807) is 4.68 Å². The Hall–Kier alpha value is -3.03. The van der Waals surface area contributed by atoms with Gasteiger partial charge in [0.15, 0.2) is 11.5 Å². The van der Waals surface area contributed by atoms with Gasteiger partial charge in [-0.05, 0) is 25.5 Å². The van der Waals surface area contributed by atoms with Crippen LogP contribution in [0.4, 0.5) is 0 Å². The third kappa shape index (κ3) is 3.47. The van der Waals surface area contributed by atoms with Crippen LogP contribution < -0.4 is 0 Å². The van der Waals surface area contributed by atoms with Crippen LogP contribution in [0.5, 0.6) is 0 Å². The van der Waals surface area contributed by atoms with E-state index in [1.165, 1.54) is 0 Å². The molecule has 0 unspecified atom stereocenters. The molecule has 1 fully saturated rings. The standard InChI is InChI=1S/C19H22N6O2/c1-12(2)17-20-18(27-22-17)16-11-25(23-21-16)15-8-9-24(10-15)19(26)14-6-4-13(3)5-7-14/h4-7,11-12,15H,8-10H2,1-3H3/t15-/m0/s1. The molecule has 3 heterocycles. The van der Waals surface area contributed by atoms with Crippen LogP contribution in [-0.2, 0) is 0 Å². The molecular formula is C19H22N6O2. The van der Waals surface area contributed by atoms with Gasteiger partial charge in [0.05, 0.1) is 12.2 Å². The van der Waals surface area contributed by atoms with Gasteiger partial charge in [-0.15, -0.1) is 5.10 Å². The van der Waals surface area contributed by atoms with Crippen LogP contribution in [0.1, 0.15) is 54.0 Å². The third-order valence-electron chi connectivity index (χ3n) is 4.81. The zero-order valence-electron chi connectivity index (χ0n) is 15.7. The van der Waals surface area contributed by atoms with Crippen LogP contribution in [0.25, 0.3) is 11.6 Å². The second-order valence-corrected chi connectivity index (χ2v) is 7.26. The molecule has 8 heteroatoms.